The van der Waals surface area contributed by atoms with Gasteiger partial charge >= 0.3 is 0 Å². The average Bonchev–Trinajstić information content (AvgIpc) is 2.84. The van der Waals surface area contributed by atoms with E-state index in [9.17, 15) is 0 Å². The van der Waals surface area contributed by atoms with E-state index in [1.54, 1.807) is 0 Å². The highest BCUT2D eigenvalue weighted by Crippen LogP contribution is 2.36. The lowest BCUT2D eigenvalue weighted by atomic mass is 9.87. The van der Waals surface area contributed by atoms with Gasteiger partial charge in [0.05, 0.1) is 0 Å². The minimum atomic E-state index is 0.314. The van der Waals surface area contributed by atoms with Crippen molar-refractivity contribution < 1.29 is 0 Å². The summed E-state index contributed by atoms with van der Waals surface area (Å²) < 4.78 is 0. The Balaban J connectivity index is 1.64. The number of hydrogen-bond acceptors (Lipinski definition) is 3. The molecule has 2 N–H and O–H groups in total. The molecule has 0 bridgehead atoms. The van der Waals surface area contributed by atoms with Gasteiger partial charge in [-0.1, -0.05) is 6.07 Å². The number of thioether (sulfide) groups is 1. The van der Waals surface area contributed by atoms with Crippen molar-refractivity contribution in [3.05, 3.63) is 29.6 Å². The van der Waals surface area contributed by atoms with Crippen LogP contribution in [-0.2, 0) is 6.42 Å². The van der Waals surface area contributed by atoms with Crippen molar-refractivity contribution in [2.24, 2.45) is 11.7 Å². The highest BCUT2D eigenvalue weighted by Gasteiger charge is 2.30. The van der Waals surface area contributed by atoms with Crippen LogP contribution in [0.1, 0.15) is 42.9 Å². The van der Waals surface area contributed by atoms with Crippen LogP contribution in [0.15, 0.2) is 18.3 Å². The third-order valence-corrected chi connectivity index (χ3v) is 5.51. The predicted molar refractivity (Wildman–Crippen MR) is 77.9 cm³/mol. The summed E-state index contributed by atoms with van der Waals surface area (Å²) in [4.78, 5) is 4.57. The molecule has 0 saturated carbocycles. The second kappa shape index (κ2) is 5.62. The number of hydrogen-bond donors (Lipinski definition) is 1. The zero-order chi connectivity index (χ0) is 12.4. The normalized spacial score (nSPS) is 25.9. The summed E-state index contributed by atoms with van der Waals surface area (Å²) in [5.74, 6) is 4.03. The van der Waals surface area contributed by atoms with E-state index >= 15 is 0 Å². The van der Waals surface area contributed by atoms with Gasteiger partial charge in [-0.15, -0.1) is 0 Å². The van der Waals surface area contributed by atoms with E-state index in [0.717, 1.165) is 5.92 Å². The number of nitrogens with two attached hydrogens (primary N) is 1. The van der Waals surface area contributed by atoms with Crippen molar-refractivity contribution >= 4 is 11.8 Å². The Hall–Kier alpha value is -0.540. The van der Waals surface area contributed by atoms with Gasteiger partial charge in [0.25, 0.3) is 0 Å². The van der Waals surface area contributed by atoms with Crippen molar-refractivity contribution in [1.29, 1.82) is 0 Å². The van der Waals surface area contributed by atoms with Gasteiger partial charge in [-0.05, 0) is 61.2 Å². The van der Waals surface area contributed by atoms with E-state index in [0.29, 0.717) is 12.0 Å². The number of rotatable bonds is 3. The van der Waals surface area contributed by atoms with Crippen molar-refractivity contribution in [2.45, 2.75) is 44.1 Å². The molecule has 1 fully saturated rings. The summed E-state index contributed by atoms with van der Waals surface area (Å²) in [6, 6.07) is 4.58. The van der Waals surface area contributed by atoms with Gasteiger partial charge in [-0.25, -0.2) is 0 Å². The molecule has 0 spiro atoms. The Kier molecular flexibility index (Phi) is 3.90. The largest absolute Gasteiger partial charge is 0.327 e. The van der Waals surface area contributed by atoms with Crippen molar-refractivity contribution in [3.63, 3.8) is 0 Å². The third kappa shape index (κ3) is 2.57. The van der Waals surface area contributed by atoms with Gasteiger partial charge in [-0.3, -0.25) is 4.98 Å². The number of nitrogens with zero attached hydrogens (tertiary/aromatic N) is 1. The molecule has 1 saturated heterocycles. The molecule has 1 aromatic rings. The summed E-state index contributed by atoms with van der Waals surface area (Å²) >= 11 is 2.09. The highest BCUT2D eigenvalue weighted by atomic mass is 32.2. The van der Waals surface area contributed by atoms with Crippen LogP contribution in [0.5, 0.6) is 0 Å². The van der Waals surface area contributed by atoms with E-state index in [1.807, 2.05) is 12.3 Å². The second-order valence-corrected chi connectivity index (χ2v) is 6.87. The Bertz CT molecular complexity index is 401. The Morgan fingerprint density at radius 2 is 2.17 bits per heavy atom. The first-order valence-corrected chi connectivity index (χ1v) is 8.27. The van der Waals surface area contributed by atoms with Crippen LogP contribution in [0, 0.1) is 5.92 Å². The summed E-state index contributed by atoms with van der Waals surface area (Å²) in [5, 5.41) is 0. The van der Waals surface area contributed by atoms with Crippen LogP contribution in [-0.4, -0.2) is 22.5 Å². The van der Waals surface area contributed by atoms with Crippen molar-refractivity contribution in [3.8, 4) is 0 Å². The maximum atomic E-state index is 6.48. The van der Waals surface area contributed by atoms with Gasteiger partial charge in [0, 0.05) is 23.9 Å². The standard InChI is InChI=1S/C15H22N2S/c16-14(10-11-5-8-18-9-6-11)13-4-3-12-2-1-7-17-15(12)13/h1-2,7,11,13-14H,3-6,8-10,16H2. The molecule has 1 aliphatic carbocycles. The minimum absolute atomic E-state index is 0.314. The minimum Gasteiger partial charge on any atom is -0.327 e. The van der Waals surface area contributed by atoms with Crippen LogP contribution < -0.4 is 5.73 Å². The van der Waals surface area contributed by atoms with E-state index in [2.05, 4.69) is 22.8 Å². The number of aryl methyl sites for hydroxylation is 1. The van der Waals surface area contributed by atoms with Crippen LogP contribution >= 0.6 is 11.8 Å². The van der Waals surface area contributed by atoms with Crippen molar-refractivity contribution in [1.82, 2.24) is 4.98 Å². The molecule has 2 aliphatic rings. The molecule has 3 heteroatoms. The monoisotopic (exact) mass is 262 g/mol. The molecule has 0 radical (unpaired) electrons. The fourth-order valence-corrected chi connectivity index (χ4v) is 4.60. The Morgan fingerprint density at radius 3 is 3.00 bits per heavy atom. The molecule has 2 unspecified atom stereocenters. The zero-order valence-electron chi connectivity index (χ0n) is 10.8. The number of fused-ring (bicyclic) bond motifs is 1. The average molecular weight is 262 g/mol. The van der Waals surface area contributed by atoms with E-state index in [4.69, 9.17) is 5.73 Å². The Morgan fingerprint density at radius 1 is 1.33 bits per heavy atom. The second-order valence-electron chi connectivity index (χ2n) is 5.65. The lowest BCUT2D eigenvalue weighted by molar-refractivity contribution is 0.370. The molecule has 2 nitrogen and oxygen atoms in total. The maximum Gasteiger partial charge on any atom is 0.0482 e. The third-order valence-electron chi connectivity index (χ3n) is 4.47. The SMILES string of the molecule is NC(CC1CCSCC1)C1CCc2cccnc21. The molecular weight excluding hydrogens is 240 g/mol. The topological polar surface area (TPSA) is 38.9 Å². The fourth-order valence-electron chi connectivity index (χ4n) is 3.39. The van der Waals surface area contributed by atoms with E-state index in [1.165, 1.54) is 54.9 Å². The summed E-state index contributed by atoms with van der Waals surface area (Å²) in [5.41, 5.74) is 9.19. The van der Waals surface area contributed by atoms with Gasteiger partial charge in [0.15, 0.2) is 0 Å². The molecular formula is C15H22N2S. The van der Waals surface area contributed by atoms with Crippen LogP contribution in [0.25, 0.3) is 0 Å². The number of pyridine rings is 1. The van der Waals surface area contributed by atoms with Crippen LogP contribution in [0.2, 0.25) is 0 Å². The molecule has 18 heavy (non-hydrogen) atoms. The lowest BCUT2D eigenvalue weighted by Gasteiger charge is -2.27. The van der Waals surface area contributed by atoms with Crippen LogP contribution in [0.4, 0.5) is 0 Å². The first-order chi connectivity index (χ1) is 8.84. The first kappa shape index (κ1) is 12.5. The Labute approximate surface area is 114 Å². The van der Waals surface area contributed by atoms with Crippen LogP contribution in [0.3, 0.4) is 0 Å². The predicted octanol–water partition coefficient (Wildman–Crippen LogP) is 2.97. The summed E-state index contributed by atoms with van der Waals surface area (Å²) in [7, 11) is 0. The first-order valence-electron chi connectivity index (χ1n) is 7.11. The van der Waals surface area contributed by atoms with E-state index < -0.39 is 0 Å². The van der Waals surface area contributed by atoms with Gasteiger partial charge in [0.1, 0.15) is 0 Å². The maximum absolute atomic E-state index is 6.48. The summed E-state index contributed by atoms with van der Waals surface area (Å²) in [6.45, 7) is 0. The smallest absolute Gasteiger partial charge is 0.0482 e. The molecule has 98 valence electrons. The van der Waals surface area contributed by atoms with Gasteiger partial charge in [-0.2, -0.15) is 11.8 Å². The van der Waals surface area contributed by atoms with E-state index in [-0.39, 0.29) is 0 Å². The zero-order valence-corrected chi connectivity index (χ0v) is 11.7. The van der Waals surface area contributed by atoms with Gasteiger partial charge in [0.2, 0.25) is 0 Å². The van der Waals surface area contributed by atoms with Crippen molar-refractivity contribution in [2.75, 3.05) is 11.5 Å². The molecule has 0 aromatic carbocycles. The fraction of sp³-hybridized carbons (Fsp3) is 0.667. The quantitative estimate of drug-likeness (QED) is 0.910. The molecule has 2 atom stereocenters. The molecule has 3 rings (SSSR count). The molecule has 1 aromatic heterocycles. The highest BCUT2D eigenvalue weighted by molar-refractivity contribution is 7.99. The molecule has 2 heterocycles. The molecule has 1 aliphatic heterocycles. The van der Waals surface area contributed by atoms with Gasteiger partial charge < -0.3 is 5.73 Å². The molecule has 0 amide bonds. The number of aromatic nitrogens is 1. The lowest BCUT2D eigenvalue weighted by Crippen LogP contribution is -2.31. The summed E-state index contributed by atoms with van der Waals surface area (Å²) in [6.07, 6.45) is 8.21.